The largest absolute Gasteiger partial charge is 0.369 e. The van der Waals surface area contributed by atoms with Gasteiger partial charge in [-0.15, -0.1) is 0 Å². The highest BCUT2D eigenvalue weighted by Crippen LogP contribution is 2.31. The van der Waals surface area contributed by atoms with E-state index >= 15 is 0 Å². The average molecular weight is 378 g/mol. The summed E-state index contributed by atoms with van der Waals surface area (Å²) in [6.07, 6.45) is 2.69. The van der Waals surface area contributed by atoms with Crippen molar-refractivity contribution < 1.29 is 4.79 Å². The van der Waals surface area contributed by atoms with E-state index in [0.29, 0.717) is 18.0 Å². The number of fused-ring (bicyclic) bond motifs is 1. The van der Waals surface area contributed by atoms with Crippen LogP contribution in [0.3, 0.4) is 0 Å². The molecule has 2 aliphatic rings. The average Bonchev–Trinajstić information content (AvgIpc) is 2.73. The number of nitrogens with one attached hydrogen (secondary N) is 3. The lowest BCUT2D eigenvalue weighted by Gasteiger charge is -2.39. The van der Waals surface area contributed by atoms with Crippen molar-refractivity contribution in [1.82, 2.24) is 20.9 Å². The maximum atomic E-state index is 12.6. The number of amides is 1. The van der Waals surface area contributed by atoms with Crippen molar-refractivity contribution in [2.24, 2.45) is 5.92 Å². The molecule has 2 saturated heterocycles. The molecule has 2 aromatic rings. The first-order chi connectivity index (χ1) is 13.7. The standard InChI is InChI=1S/C21H26N6O/c1-14-9-16(26-21(28)18-11-23-7-8-24-18)13-27(12-14)19-5-4-15(10-22)20-17(19)3-2-6-25-20/h2-6,14,16,18,23-24H,7-9,11-13H2,1H3,(H,26,28). The Kier molecular flexibility index (Phi) is 5.42. The first-order valence-corrected chi connectivity index (χ1v) is 9.93. The van der Waals surface area contributed by atoms with E-state index in [9.17, 15) is 10.1 Å². The van der Waals surface area contributed by atoms with Gasteiger partial charge < -0.3 is 20.9 Å². The lowest BCUT2D eigenvalue weighted by molar-refractivity contribution is -0.124. The fourth-order valence-electron chi connectivity index (χ4n) is 4.32. The molecule has 146 valence electrons. The topological polar surface area (TPSA) is 93.1 Å². The number of benzene rings is 1. The summed E-state index contributed by atoms with van der Waals surface area (Å²) in [5, 5.41) is 20.1. The van der Waals surface area contributed by atoms with E-state index in [2.05, 4.69) is 38.8 Å². The Labute approximate surface area is 165 Å². The van der Waals surface area contributed by atoms with Gasteiger partial charge in [-0.05, 0) is 36.6 Å². The predicted octanol–water partition coefficient (Wildman–Crippen LogP) is 0.999. The van der Waals surface area contributed by atoms with Gasteiger partial charge in [0.25, 0.3) is 0 Å². The Morgan fingerprint density at radius 3 is 3.00 bits per heavy atom. The molecule has 7 nitrogen and oxygen atoms in total. The second-order valence-corrected chi connectivity index (χ2v) is 7.81. The predicted molar refractivity (Wildman–Crippen MR) is 109 cm³/mol. The summed E-state index contributed by atoms with van der Waals surface area (Å²) in [7, 11) is 0. The number of nitrogens with zero attached hydrogens (tertiary/aromatic N) is 3. The van der Waals surface area contributed by atoms with Gasteiger partial charge >= 0.3 is 0 Å². The molecule has 3 unspecified atom stereocenters. The number of aromatic nitrogens is 1. The number of hydrogen-bond acceptors (Lipinski definition) is 6. The third-order valence-corrected chi connectivity index (χ3v) is 5.57. The molecule has 28 heavy (non-hydrogen) atoms. The van der Waals surface area contributed by atoms with Crippen molar-refractivity contribution in [1.29, 1.82) is 5.26 Å². The van der Waals surface area contributed by atoms with Gasteiger partial charge in [-0.2, -0.15) is 5.26 Å². The van der Waals surface area contributed by atoms with Crippen LogP contribution in [0.25, 0.3) is 10.9 Å². The molecule has 1 aromatic carbocycles. The summed E-state index contributed by atoms with van der Waals surface area (Å²) in [6, 6.07) is 9.93. The van der Waals surface area contributed by atoms with E-state index in [-0.39, 0.29) is 18.0 Å². The van der Waals surface area contributed by atoms with Gasteiger partial charge in [-0.3, -0.25) is 9.78 Å². The summed E-state index contributed by atoms with van der Waals surface area (Å²) < 4.78 is 0. The van der Waals surface area contributed by atoms with Crippen LogP contribution in [0, 0.1) is 17.2 Å². The maximum Gasteiger partial charge on any atom is 0.238 e. The van der Waals surface area contributed by atoms with E-state index in [4.69, 9.17) is 0 Å². The van der Waals surface area contributed by atoms with Gasteiger partial charge in [0.2, 0.25) is 5.91 Å². The minimum absolute atomic E-state index is 0.0672. The Morgan fingerprint density at radius 1 is 1.32 bits per heavy atom. The van der Waals surface area contributed by atoms with Gasteiger partial charge in [0, 0.05) is 56.0 Å². The Balaban J connectivity index is 1.55. The van der Waals surface area contributed by atoms with Crippen LogP contribution in [-0.4, -0.2) is 55.7 Å². The van der Waals surface area contributed by atoms with Crippen LogP contribution < -0.4 is 20.9 Å². The Morgan fingerprint density at radius 2 is 2.21 bits per heavy atom. The van der Waals surface area contributed by atoms with Crippen molar-refractivity contribution in [3.8, 4) is 6.07 Å². The molecule has 7 heteroatoms. The molecule has 0 spiro atoms. The number of pyridine rings is 1. The van der Waals surface area contributed by atoms with Crippen molar-refractivity contribution >= 4 is 22.5 Å². The van der Waals surface area contributed by atoms with Crippen LogP contribution in [0.5, 0.6) is 0 Å². The molecule has 0 bridgehead atoms. The number of hydrogen-bond donors (Lipinski definition) is 3. The molecule has 4 rings (SSSR count). The quantitative estimate of drug-likeness (QED) is 0.738. The van der Waals surface area contributed by atoms with Crippen molar-refractivity contribution in [2.45, 2.75) is 25.4 Å². The number of piperidine rings is 1. The van der Waals surface area contributed by atoms with Crippen LogP contribution in [0.4, 0.5) is 5.69 Å². The molecule has 3 heterocycles. The Bertz CT molecular complexity index is 901. The molecule has 0 aliphatic carbocycles. The first-order valence-electron chi connectivity index (χ1n) is 9.93. The van der Waals surface area contributed by atoms with E-state index in [0.717, 1.165) is 49.2 Å². The molecule has 1 amide bonds. The highest BCUT2D eigenvalue weighted by molar-refractivity contribution is 5.95. The summed E-state index contributed by atoms with van der Waals surface area (Å²) >= 11 is 0. The second-order valence-electron chi connectivity index (χ2n) is 7.81. The fraction of sp³-hybridized carbons (Fsp3) is 0.476. The number of carbonyl (C=O) groups is 1. The highest BCUT2D eigenvalue weighted by Gasteiger charge is 2.29. The van der Waals surface area contributed by atoms with Gasteiger partial charge in [0.05, 0.1) is 17.1 Å². The van der Waals surface area contributed by atoms with E-state index in [1.54, 1.807) is 6.20 Å². The lowest BCUT2D eigenvalue weighted by Crippen LogP contribution is -2.59. The molecule has 3 N–H and O–H groups in total. The van der Waals surface area contributed by atoms with Gasteiger partial charge in [-0.25, -0.2) is 0 Å². The fourth-order valence-corrected chi connectivity index (χ4v) is 4.32. The summed E-state index contributed by atoms with van der Waals surface area (Å²) in [5.74, 6) is 0.524. The number of anilines is 1. The van der Waals surface area contributed by atoms with Crippen molar-refractivity contribution in [3.05, 3.63) is 36.0 Å². The van der Waals surface area contributed by atoms with Gasteiger partial charge in [0.15, 0.2) is 0 Å². The van der Waals surface area contributed by atoms with Crippen molar-refractivity contribution in [3.63, 3.8) is 0 Å². The molecule has 0 saturated carbocycles. The molecule has 2 aliphatic heterocycles. The zero-order chi connectivity index (χ0) is 19.5. The van der Waals surface area contributed by atoms with Gasteiger partial charge in [0.1, 0.15) is 6.07 Å². The highest BCUT2D eigenvalue weighted by atomic mass is 16.2. The normalized spacial score (nSPS) is 25.3. The van der Waals surface area contributed by atoms with E-state index in [1.165, 1.54) is 0 Å². The Hall–Kier alpha value is -2.69. The minimum Gasteiger partial charge on any atom is -0.369 e. The van der Waals surface area contributed by atoms with Crippen LogP contribution >= 0.6 is 0 Å². The third-order valence-electron chi connectivity index (χ3n) is 5.57. The minimum atomic E-state index is -0.167. The zero-order valence-corrected chi connectivity index (χ0v) is 16.1. The summed E-state index contributed by atoms with van der Waals surface area (Å²) in [6.45, 7) is 6.28. The summed E-state index contributed by atoms with van der Waals surface area (Å²) in [5.41, 5.74) is 2.40. The lowest BCUT2D eigenvalue weighted by atomic mass is 9.94. The zero-order valence-electron chi connectivity index (χ0n) is 16.1. The van der Waals surface area contributed by atoms with Crippen LogP contribution in [0.2, 0.25) is 0 Å². The smallest absolute Gasteiger partial charge is 0.238 e. The molecule has 1 aromatic heterocycles. The SMILES string of the molecule is CC1CC(NC(=O)C2CNCCN2)CN(c2ccc(C#N)c3ncccc23)C1. The summed E-state index contributed by atoms with van der Waals surface area (Å²) in [4.78, 5) is 19.4. The van der Waals surface area contributed by atoms with Gasteiger partial charge in [-0.1, -0.05) is 6.92 Å². The molecule has 3 atom stereocenters. The number of carbonyl (C=O) groups excluding carboxylic acids is 1. The third kappa shape index (κ3) is 3.79. The van der Waals surface area contributed by atoms with Crippen LogP contribution in [0.1, 0.15) is 18.9 Å². The van der Waals surface area contributed by atoms with E-state index < -0.39 is 0 Å². The van der Waals surface area contributed by atoms with E-state index in [1.807, 2.05) is 24.3 Å². The molecule has 2 fully saturated rings. The molecular weight excluding hydrogens is 352 g/mol. The molecule has 0 radical (unpaired) electrons. The first kappa shape index (κ1) is 18.7. The maximum absolute atomic E-state index is 12.6. The van der Waals surface area contributed by atoms with Crippen LogP contribution in [0.15, 0.2) is 30.5 Å². The number of nitriles is 1. The second kappa shape index (κ2) is 8.13. The van der Waals surface area contributed by atoms with Crippen LogP contribution in [-0.2, 0) is 4.79 Å². The molecular formula is C21H26N6O. The number of rotatable bonds is 3. The monoisotopic (exact) mass is 378 g/mol. The number of piperazine rings is 1. The van der Waals surface area contributed by atoms with Crippen molar-refractivity contribution in [2.75, 3.05) is 37.6 Å².